The van der Waals surface area contributed by atoms with Crippen LogP contribution in [-0.4, -0.2) is 34.1 Å². The van der Waals surface area contributed by atoms with Crippen LogP contribution in [0.1, 0.15) is 39.2 Å². The van der Waals surface area contributed by atoms with Crippen LogP contribution in [0.25, 0.3) is 21.6 Å². The van der Waals surface area contributed by atoms with Crippen molar-refractivity contribution in [2.24, 2.45) is 10.8 Å². The molecule has 1 aromatic heterocycles. The molecule has 0 spiro atoms. The molecular formula is C25H30N4. The maximum Gasteiger partial charge on any atom is 0.220 e. The average Bonchev–Trinajstić information content (AvgIpc) is 3.14. The Labute approximate surface area is 174 Å². The number of benzene rings is 2. The molecule has 0 radical (unpaired) electrons. The van der Waals surface area contributed by atoms with Crippen molar-refractivity contribution in [1.82, 2.24) is 14.5 Å². The highest BCUT2D eigenvalue weighted by molar-refractivity contribution is 5.77. The molecule has 0 saturated carbocycles. The summed E-state index contributed by atoms with van der Waals surface area (Å²) < 4.78 is 2.14. The smallest absolute Gasteiger partial charge is 0.220 e. The van der Waals surface area contributed by atoms with Crippen LogP contribution in [0, 0.1) is 17.4 Å². The van der Waals surface area contributed by atoms with Gasteiger partial charge in [0.05, 0.1) is 11.0 Å². The van der Waals surface area contributed by atoms with Gasteiger partial charge >= 0.3 is 0 Å². The van der Waals surface area contributed by atoms with Crippen molar-refractivity contribution in [2.45, 2.75) is 40.2 Å². The van der Waals surface area contributed by atoms with Gasteiger partial charge in [0.2, 0.25) is 6.54 Å². The molecule has 0 aliphatic carbocycles. The van der Waals surface area contributed by atoms with E-state index in [2.05, 4.69) is 76.5 Å². The van der Waals surface area contributed by atoms with Crippen molar-refractivity contribution in [3.05, 3.63) is 71.8 Å². The van der Waals surface area contributed by atoms with Gasteiger partial charge in [-0.3, -0.25) is 9.47 Å². The van der Waals surface area contributed by atoms with Crippen LogP contribution in [0.4, 0.5) is 0 Å². The number of hydrogen-bond donors (Lipinski definition) is 0. The van der Waals surface area contributed by atoms with E-state index in [1.54, 1.807) is 0 Å². The monoisotopic (exact) mass is 386 g/mol. The first-order valence-corrected chi connectivity index (χ1v) is 10.5. The SMILES string of the molecule is [C-]#[N+]CC1(C(C)(C)C)CCN(Cc2ccc(-n3cnc4ccccc43)cc2)CC1. The number of fused-ring (bicyclic) bond motifs is 1. The van der Waals surface area contributed by atoms with E-state index in [1.807, 2.05) is 18.5 Å². The third-order valence-corrected chi connectivity index (χ3v) is 6.86. The van der Waals surface area contributed by atoms with Crippen LogP contribution in [0.3, 0.4) is 0 Å². The van der Waals surface area contributed by atoms with E-state index in [-0.39, 0.29) is 10.8 Å². The first kappa shape index (κ1) is 19.7. The van der Waals surface area contributed by atoms with E-state index in [1.165, 1.54) is 5.56 Å². The molecule has 0 unspecified atom stereocenters. The highest BCUT2D eigenvalue weighted by atomic mass is 15.1. The summed E-state index contributed by atoms with van der Waals surface area (Å²) in [7, 11) is 0. The summed E-state index contributed by atoms with van der Waals surface area (Å²) >= 11 is 0. The molecule has 4 heteroatoms. The van der Waals surface area contributed by atoms with E-state index in [4.69, 9.17) is 6.57 Å². The Balaban J connectivity index is 1.43. The Bertz CT molecular complexity index is 1010. The van der Waals surface area contributed by atoms with Crippen LogP contribution < -0.4 is 0 Å². The number of para-hydroxylation sites is 2. The second-order valence-electron chi connectivity index (χ2n) is 9.39. The topological polar surface area (TPSA) is 25.4 Å². The number of likely N-dealkylation sites (tertiary alicyclic amines) is 1. The molecule has 1 fully saturated rings. The third kappa shape index (κ3) is 3.80. The van der Waals surface area contributed by atoms with Crippen LogP contribution in [0.15, 0.2) is 54.9 Å². The zero-order chi connectivity index (χ0) is 20.5. The summed E-state index contributed by atoms with van der Waals surface area (Å²) in [6.07, 6.45) is 4.11. The molecule has 2 heterocycles. The van der Waals surface area contributed by atoms with Crippen LogP contribution in [0.2, 0.25) is 0 Å². The van der Waals surface area contributed by atoms with Crippen LogP contribution in [-0.2, 0) is 6.54 Å². The number of rotatable bonds is 4. The number of hydrogen-bond acceptors (Lipinski definition) is 2. The Morgan fingerprint density at radius 3 is 2.38 bits per heavy atom. The first-order valence-electron chi connectivity index (χ1n) is 10.5. The Morgan fingerprint density at radius 1 is 1.03 bits per heavy atom. The molecule has 0 amide bonds. The van der Waals surface area contributed by atoms with Gasteiger partial charge in [0, 0.05) is 17.6 Å². The molecule has 2 aromatic carbocycles. The van der Waals surface area contributed by atoms with Gasteiger partial charge in [0.25, 0.3) is 0 Å². The predicted octanol–water partition coefficient (Wildman–Crippen LogP) is 5.57. The van der Waals surface area contributed by atoms with Crippen LogP contribution >= 0.6 is 0 Å². The summed E-state index contributed by atoms with van der Waals surface area (Å²) in [6, 6.07) is 17.1. The number of imidazole rings is 1. The summed E-state index contributed by atoms with van der Waals surface area (Å²) in [4.78, 5) is 10.8. The fourth-order valence-electron chi connectivity index (χ4n) is 4.62. The summed E-state index contributed by atoms with van der Waals surface area (Å²) in [6.45, 7) is 18.1. The van der Waals surface area contributed by atoms with Crippen LogP contribution in [0.5, 0.6) is 0 Å². The molecule has 1 aliphatic rings. The fourth-order valence-corrected chi connectivity index (χ4v) is 4.62. The number of nitrogens with zero attached hydrogens (tertiary/aromatic N) is 4. The summed E-state index contributed by atoms with van der Waals surface area (Å²) in [5.41, 5.74) is 4.97. The largest absolute Gasteiger partial charge is 0.316 e. The Kier molecular flexibility index (Phi) is 5.19. The number of aromatic nitrogens is 2. The normalized spacial score (nSPS) is 17.3. The van der Waals surface area contributed by atoms with Gasteiger partial charge in [-0.15, -0.1) is 0 Å². The van der Waals surface area contributed by atoms with E-state index in [9.17, 15) is 0 Å². The minimum atomic E-state index is 0.150. The van der Waals surface area contributed by atoms with Crippen molar-refractivity contribution < 1.29 is 0 Å². The lowest BCUT2D eigenvalue weighted by molar-refractivity contribution is 0.0173. The van der Waals surface area contributed by atoms with E-state index < -0.39 is 0 Å². The lowest BCUT2D eigenvalue weighted by Gasteiger charge is -2.46. The highest BCUT2D eigenvalue weighted by Crippen LogP contribution is 2.47. The maximum absolute atomic E-state index is 7.41. The highest BCUT2D eigenvalue weighted by Gasteiger charge is 2.46. The average molecular weight is 387 g/mol. The molecule has 3 aromatic rings. The van der Waals surface area contributed by atoms with E-state index >= 15 is 0 Å². The summed E-state index contributed by atoms with van der Waals surface area (Å²) in [5, 5.41) is 0. The molecule has 0 atom stereocenters. The van der Waals surface area contributed by atoms with Crippen molar-refractivity contribution in [1.29, 1.82) is 0 Å². The van der Waals surface area contributed by atoms with Crippen molar-refractivity contribution in [2.75, 3.05) is 19.6 Å². The first-order chi connectivity index (χ1) is 13.9. The van der Waals surface area contributed by atoms with Gasteiger partial charge in [-0.2, -0.15) is 0 Å². The zero-order valence-electron chi connectivity index (χ0n) is 17.7. The molecule has 1 aliphatic heterocycles. The molecule has 4 rings (SSSR count). The molecular weight excluding hydrogens is 356 g/mol. The minimum Gasteiger partial charge on any atom is -0.316 e. The van der Waals surface area contributed by atoms with Gasteiger partial charge < -0.3 is 4.85 Å². The van der Waals surface area contributed by atoms with Crippen molar-refractivity contribution in [3.8, 4) is 5.69 Å². The Hall–Kier alpha value is -2.64. The predicted molar refractivity (Wildman–Crippen MR) is 119 cm³/mol. The third-order valence-electron chi connectivity index (χ3n) is 6.86. The van der Waals surface area contributed by atoms with Gasteiger partial charge in [0.1, 0.15) is 6.33 Å². The zero-order valence-corrected chi connectivity index (χ0v) is 17.7. The standard InChI is InChI=1S/C25H30N4/c1-24(2,3)25(18-26-4)13-15-28(16-14-25)17-20-9-11-21(12-10-20)29-19-27-22-7-5-6-8-23(22)29/h5-12,19H,13-18H2,1-3H3. The van der Waals surface area contributed by atoms with Crippen molar-refractivity contribution >= 4 is 11.0 Å². The number of piperidine rings is 1. The second kappa shape index (κ2) is 7.65. The van der Waals surface area contributed by atoms with Crippen molar-refractivity contribution in [3.63, 3.8) is 0 Å². The lowest BCUT2D eigenvalue weighted by atomic mass is 9.61. The molecule has 0 bridgehead atoms. The van der Waals surface area contributed by atoms with Gasteiger partial charge in [-0.25, -0.2) is 11.6 Å². The molecule has 1 saturated heterocycles. The lowest BCUT2D eigenvalue weighted by Crippen LogP contribution is -2.47. The van der Waals surface area contributed by atoms with E-state index in [0.29, 0.717) is 6.54 Å². The second-order valence-corrected chi connectivity index (χ2v) is 9.39. The molecule has 29 heavy (non-hydrogen) atoms. The maximum atomic E-state index is 7.41. The molecule has 150 valence electrons. The summed E-state index contributed by atoms with van der Waals surface area (Å²) in [5.74, 6) is 0. The quantitative estimate of drug-likeness (QED) is 0.548. The fraction of sp³-hybridized carbons (Fsp3) is 0.440. The molecule has 4 nitrogen and oxygen atoms in total. The van der Waals surface area contributed by atoms with E-state index in [0.717, 1.165) is 49.2 Å². The molecule has 0 N–H and O–H groups in total. The van der Waals surface area contributed by atoms with Gasteiger partial charge in [0.15, 0.2) is 0 Å². The minimum absolute atomic E-state index is 0.150. The van der Waals surface area contributed by atoms with Gasteiger partial charge in [-0.1, -0.05) is 45.0 Å². The Morgan fingerprint density at radius 2 is 1.72 bits per heavy atom. The van der Waals surface area contributed by atoms with Gasteiger partial charge in [-0.05, 0) is 61.2 Å².